The molecule has 116 valence electrons. The second-order valence-corrected chi connectivity index (χ2v) is 8.08. The summed E-state index contributed by atoms with van der Waals surface area (Å²) in [5.41, 5.74) is -0.419. The quantitative estimate of drug-likeness (QED) is 0.841. The molecular formula is C15H28N2O2S. The zero-order valence-corrected chi connectivity index (χ0v) is 13.7. The largest absolute Gasteiger partial charge is 0.444 e. The van der Waals surface area contributed by atoms with Crippen LogP contribution in [0.25, 0.3) is 0 Å². The Morgan fingerprint density at radius 2 is 1.90 bits per heavy atom. The SMILES string of the molecule is CC(C)(C)OC(=O)N[C@@H]1CCC[C@@H](N[C@@H]2CCSC2)C1. The van der Waals surface area contributed by atoms with Gasteiger partial charge in [-0.15, -0.1) is 0 Å². The number of hydrogen-bond acceptors (Lipinski definition) is 4. The lowest BCUT2D eigenvalue weighted by atomic mass is 9.90. The average Bonchev–Trinajstić information content (AvgIpc) is 2.79. The van der Waals surface area contributed by atoms with Crippen LogP contribution in [0, 0.1) is 0 Å². The van der Waals surface area contributed by atoms with Gasteiger partial charge in [-0.3, -0.25) is 0 Å². The Kier molecular flexibility index (Phi) is 5.61. The normalized spacial score (nSPS) is 31.1. The predicted octanol–water partition coefficient (Wildman–Crippen LogP) is 2.92. The van der Waals surface area contributed by atoms with Crippen LogP contribution < -0.4 is 10.6 Å². The molecule has 2 rings (SSSR count). The lowest BCUT2D eigenvalue weighted by Gasteiger charge is -2.32. The van der Waals surface area contributed by atoms with Crippen molar-refractivity contribution in [1.29, 1.82) is 0 Å². The van der Waals surface area contributed by atoms with Gasteiger partial charge in [0.05, 0.1) is 0 Å². The first-order valence-corrected chi connectivity index (χ1v) is 8.91. The standard InChI is InChI=1S/C15H28N2O2S/c1-15(2,3)19-14(18)17-12-6-4-5-11(9-12)16-13-7-8-20-10-13/h11-13,16H,4-10H2,1-3H3,(H,17,18)/t11-,12-,13-/m1/s1. The minimum absolute atomic E-state index is 0.255. The molecule has 0 unspecified atom stereocenters. The summed E-state index contributed by atoms with van der Waals surface area (Å²) in [6.45, 7) is 5.70. The van der Waals surface area contributed by atoms with Crippen molar-refractivity contribution >= 4 is 17.9 Å². The van der Waals surface area contributed by atoms with Crippen molar-refractivity contribution in [2.45, 2.75) is 76.6 Å². The summed E-state index contributed by atoms with van der Waals surface area (Å²) >= 11 is 2.04. The van der Waals surface area contributed by atoms with E-state index in [0.29, 0.717) is 12.1 Å². The Hall–Kier alpha value is -0.420. The monoisotopic (exact) mass is 300 g/mol. The van der Waals surface area contributed by atoms with Gasteiger partial charge in [-0.25, -0.2) is 4.79 Å². The van der Waals surface area contributed by atoms with Gasteiger partial charge in [0.1, 0.15) is 5.60 Å². The van der Waals surface area contributed by atoms with Crippen molar-refractivity contribution in [2.24, 2.45) is 0 Å². The van der Waals surface area contributed by atoms with E-state index >= 15 is 0 Å². The van der Waals surface area contributed by atoms with Gasteiger partial charge >= 0.3 is 6.09 Å². The Labute approximate surface area is 126 Å². The smallest absolute Gasteiger partial charge is 0.407 e. The first-order valence-electron chi connectivity index (χ1n) is 7.76. The second kappa shape index (κ2) is 7.03. The summed E-state index contributed by atoms with van der Waals surface area (Å²) < 4.78 is 5.34. The number of alkyl carbamates (subject to hydrolysis) is 1. The lowest BCUT2D eigenvalue weighted by molar-refractivity contribution is 0.0488. The van der Waals surface area contributed by atoms with E-state index in [9.17, 15) is 4.79 Å². The maximum absolute atomic E-state index is 11.8. The number of hydrogen-bond donors (Lipinski definition) is 2. The highest BCUT2D eigenvalue weighted by Gasteiger charge is 2.27. The molecule has 0 radical (unpaired) electrons. The Morgan fingerprint density at radius 1 is 1.15 bits per heavy atom. The molecule has 0 aromatic carbocycles. The maximum Gasteiger partial charge on any atom is 0.407 e. The summed E-state index contributed by atoms with van der Waals surface area (Å²) in [5, 5.41) is 6.78. The zero-order valence-electron chi connectivity index (χ0n) is 12.9. The van der Waals surface area contributed by atoms with E-state index in [1.54, 1.807) is 0 Å². The molecule has 5 heteroatoms. The molecule has 20 heavy (non-hydrogen) atoms. The molecule has 1 heterocycles. The first kappa shape index (κ1) is 16.0. The minimum atomic E-state index is -0.419. The molecule has 1 amide bonds. The Morgan fingerprint density at radius 3 is 2.55 bits per heavy atom. The molecule has 0 bridgehead atoms. The lowest BCUT2D eigenvalue weighted by Crippen LogP contribution is -2.48. The molecule has 3 atom stereocenters. The fourth-order valence-corrected chi connectivity index (χ4v) is 4.11. The van der Waals surface area contributed by atoms with Gasteiger partial charge in [-0.2, -0.15) is 11.8 Å². The van der Waals surface area contributed by atoms with Gasteiger partial charge in [0.25, 0.3) is 0 Å². The van der Waals surface area contributed by atoms with Crippen molar-refractivity contribution in [3.63, 3.8) is 0 Å². The summed E-state index contributed by atoms with van der Waals surface area (Å²) in [5.74, 6) is 2.52. The van der Waals surface area contributed by atoms with Crippen molar-refractivity contribution < 1.29 is 9.53 Å². The van der Waals surface area contributed by atoms with Crippen LogP contribution in [-0.4, -0.2) is 41.3 Å². The second-order valence-electron chi connectivity index (χ2n) is 6.93. The molecule has 0 spiro atoms. The van der Waals surface area contributed by atoms with E-state index in [-0.39, 0.29) is 12.1 Å². The zero-order chi connectivity index (χ0) is 14.6. The highest BCUT2D eigenvalue weighted by atomic mass is 32.2. The van der Waals surface area contributed by atoms with Gasteiger partial charge in [-0.05, 0) is 58.6 Å². The third kappa shape index (κ3) is 5.52. The van der Waals surface area contributed by atoms with Crippen LogP contribution >= 0.6 is 11.8 Å². The van der Waals surface area contributed by atoms with Crippen LogP contribution in [0.3, 0.4) is 0 Å². The third-order valence-corrected chi connectivity index (χ3v) is 4.96. The van der Waals surface area contributed by atoms with E-state index in [0.717, 1.165) is 12.8 Å². The number of carbonyl (C=O) groups is 1. The van der Waals surface area contributed by atoms with Crippen molar-refractivity contribution in [1.82, 2.24) is 10.6 Å². The third-order valence-electron chi connectivity index (χ3n) is 3.80. The van der Waals surface area contributed by atoms with Crippen LogP contribution in [0.5, 0.6) is 0 Å². The summed E-state index contributed by atoms with van der Waals surface area (Å²) in [7, 11) is 0. The van der Waals surface area contributed by atoms with Crippen molar-refractivity contribution in [3.05, 3.63) is 0 Å². The van der Waals surface area contributed by atoms with Gasteiger partial charge in [0.15, 0.2) is 0 Å². The fourth-order valence-electron chi connectivity index (χ4n) is 2.95. The number of ether oxygens (including phenoxy) is 1. The maximum atomic E-state index is 11.8. The molecular weight excluding hydrogens is 272 g/mol. The topological polar surface area (TPSA) is 50.4 Å². The molecule has 0 aromatic rings. The summed E-state index contributed by atoms with van der Waals surface area (Å²) in [6, 6.07) is 1.47. The van der Waals surface area contributed by atoms with Crippen LogP contribution in [0.1, 0.15) is 52.9 Å². The predicted molar refractivity (Wildman–Crippen MR) is 84.3 cm³/mol. The van der Waals surface area contributed by atoms with Crippen LogP contribution in [0.2, 0.25) is 0 Å². The van der Waals surface area contributed by atoms with Gasteiger partial charge < -0.3 is 15.4 Å². The van der Waals surface area contributed by atoms with Gasteiger partial charge in [0.2, 0.25) is 0 Å². The van der Waals surface area contributed by atoms with Crippen LogP contribution in [-0.2, 0) is 4.74 Å². The highest BCUT2D eigenvalue weighted by Crippen LogP contribution is 2.23. The molecule has 1 saturated heterocycles. The van der Waals surface area contributed by atoms with Crippen LogP contribution in [0.4, 0.5) is 4.79 Å². The molecule has 2 fully saturated rings. The van der Waals surface area contributed by atoms with E-state index in [1.807, 2.05) is 32.5 Å². The number of amides is 1. The van der Waals surface area contributed by atoms with E-state index in [2.05, 4.69) is 10.6 Å². The molecule has 0 aromatic heterocycles. The first-order chi connectivity index (χ1) is 9.42. The van der Waals surface area contributed by atoms with Gasteiger partial charge in [-0.1, -0.05) is 0 Å². The molecule has 2 N–H and O–H groups in total. The minimum Gasteiger partial charge on any atom is -0.444 e. The number of carbonyl (C=O) groups excluding carboxylic acids is 1. The molecule has 1 saturated carbocycles. The number of rotatable bonds is 3. The molecule has 1 aliphatic carbocycles. The highest BCUT2D eigenvalue weighted by molar-refractivity contribution is 7.99. The van der Waals surface area contributed by atoms with Crippen molar-refractivity contribution in [2.75, 3.05) is 11.5 Å². The van der Waals surface area contributed by atoms with Gasteiger partial charge in [0, 0.05) is 23.9 Å². The summed E-state index contributed by atoms with van der Waals surface area (Å²) in [6.07, 6.45) is 5.51. The van der Waals surface area contributed by atoms with E-state index < -0.39 is 5.60 Å². The summed E-state index contributed by atoms with van der Waals surface area (Å²) in [4.78, 5) is 11.8. The molecule has 4 nitrogen and oxygen atoms in total. The van der Waals surface area contributed by atoms with E-state index in [1.165, 1.54) is 30.8 Å². The Balaban J connectivity index is 1.73. The number of nitrogens with one attached hydrogen (secondary N) is 2. The molecule has 1 aliphatic heterocycles. The van der Waals surface area contributed by atoms with E-state index in [4.69, 9.17) is 4.74 Å². The van der Waals surface area contributed by atoms with Crippen molar-refractivity contribution in [3.8, 4) is 0 Å². The number of thioether (sulfide) groups is 1. The van der Waals surface area contributed by atoms with Crippen LogP contribution in [0.15, 0.2) is 0 Å². The fraction of sp³-hybridized carbons (Fsp3) is 0.933. The Bertz CT molecular complexity index is 324. The average molecular weight is 300 g/mol. The molecule has 2 aliphatic rings.